The number of carbonyl (C=O) groups excluding carboxylic acids is 1. The number of rotatable bonds is 4. The van der Waals surface area contributed by atoms with E-state index in [-0.39, 0.29) is 25.3 Å². The summed E-state index contributed by atoms with van der Waals surface area (Å²) in [5.74, 6) is -1.30. The molecule has 0 aliphatic carbocycles. The fourth-order valence-electron chi connectivity index (χ4n) is 2.88. The summed E-state index contributed by atoms with van der Waals surface area (Å²) >= 11 is 0. The van der Waals surface area contributed by atoms with Crippen LogP contribution < -0.4 is 0 Å². The Balaban J connectivity index is 2.03. The SMILES string of the molecule is Cc1nn(C)c(C)c1CCC(=O)N1C[C@H](O)C[C@H]1C(=O)O. The minimum atomic E-state index is -1.06. The third-order valence-corrected chi connectivity index (χ3v) is 4.13. The molecular weight excluding hydrogens is 274 g/mol. The lowest BCUT2D eigenvalue weighted by atomic mass is 10.1. The first kappa shape index (κ1) is 15.5. The van der Waals surface area contributed by atoms with Gasteiger partial charge in [-0.25, -0.2) is 4.79 Å². The number of aliphatic hydroxyl groups excluding tert-OH is 1. The maximum absolute atomic E-state index is 12.2. The van der Waals surface area contributed by atoms with Crippen LogP contribution in [0.5, 0.6) is 0 Å². The molecule has 0 aromatic carbocycles. The highest BCUT2D eigenvalue weighted by molar-refractivity contribution is 5.84. The molecule has 21 heavy (non-hydrogen) atoms. The standard InChI is InChI=1S/C14H21N3O4/c1-8-11(9(2)16(3)15-8)4-5-13(19)17-7-10(18)6-12(17)14(20)21/h10,12,18H,4-7H2,1-3H3,(H,20,21)/t10-,12+/m1/s1. The third-order valence-electron chi connectivity index (χ3n) is 4.13. The molecule has 2 rings (SSSR count). The van der Waals surface area contributed by atoms with Crippen molar-refractivity contribution in [2.24, 2.45) is 7.05 Å². The average Bonchev–Trinajstić information content (AvgIpc) is 2.90. The van der Waals surface area contributed by atoms with E-state index in [0.717, 1.165) is 17.0 Å². The molecule has 7 heteroatoms. The lowest BCUT2D eigenvalue weighted by Crippen LogP contribution is -2.40. The quantitative estimate of drug-likeness (QED) is 0.816. The van der Waals surface area contributed by atoms with Gasteiger partial charge in [0.25, 0.3) is 0 Å². The Morgan fingerprint density at radius 3 is 2.57 bits per heavy atom. The molecule has 1 aliphatic rings. The molecule has 1 aromatic rings. The van der Waals surface area contributed by atoms with E-state index in [2.05, 4.69) is 5.10 Å². The van der Waals surface area contributed by atoms with Crippen LogP contribution in [0.3, 0.4) is 0 Å². The molecule has 2 atom stereocenters. The molecule has 0 bridgehead atoms. The van der Waals surface area contributed by atoms with Crippen LogP contribution in [-0.2, 0) is 23.1 Å². The van der Waals surface area contributed by atoms with Gasteiger partial charge in [0.2, 0.25) is 5.91 Å². The van der Waals surface area contributed by atoms with Gasteiger partial charge in [0.1, 0.15) is 6.04 Å². The van der Waals surface area contributed by atoms with Crippen LogP contribution in [0, 0.1) is 13.8 Å². The van der Waals surface area contributed by atoms with Crippen molar-refractivity contribution < 1.29 is 19.8 Å². The third kappa shape index (κ3) is 3.07. The number of nitrogens with zero attached hydrogens (tertiary/aromatic N) is 3. The number of aliphatic carboxylic acids is 1. The van der Waals surface area contributed by atoms with Gasteiger partial charge >= 0.3 is 5.97 Å². The predicted molar refractivity (Wildman–Crippen MR) is 74.8 cm³/mol. The maximum Gasteiger partial charge on any atom is 0.326 e. The number of carbonyl (C=O) groups is 2. The summed E-state index contributed by atoms with van der Waals surface area (Å²) in [6.07, 6.45) is 0.107. The van der Waals surface area contributed by atoms with Gasteiger partial charge in [0.15, 0.2) is 0 Å². The van der Waals surface area contributed by atoms with Crippen molar-refractivity contribution in [3.8, 4) is 0 Å². The fourth-order valence-corrected chi connectivity index (χ4v) is 2.88. The minimum Gasteiger partial charge on any atom is -0.480 e. The van der Waals surface area contributed by atoms with Gasteiger partial charge in [-0.05, 0) is 25.8 Å². The number of β-amino-alcohol motifs (C(OH)–C–C–N with tert-alkyl or cyclic N) is 1. The molecule has 1 aliphatic heterocycles. The number of likely N-dealkylation sites (tertiary alicyclic amines) is 1. The van der Waals surface area contributed by atoms with Gasteiger partial charge in [-0.2, -0.15) is 5.10 Å². The van der Waals surface area contributed by atoms with Crippen LogP contribution in [0.15, 0.2) is 0 Å². The first-order valence-corrected chi connectivity index (χ1v) is 7.00. The van der Waals surface area contributed by atoms with Crippen molar-refractivity contribution in [1.82, 2.24) is 14.7 Å². The van der Waals surface area contributed by atoms with E-state index in [0.29, 0.717) is 6.42 Å². The molecule has 2 N–H and O–H groups in total. The molecule has 1 saturated heterocycles. The van der Waals surface area contributed by atoms with Gasteiger partial charge in [-0.3, -0.25) is 9.48 Å². The largest absolute Gasteiger partial charge is 0.480 e. The van der Waals surface area contributed by atoms with Crippen molar-refractivity contribution in [2.75, 3.05) is 6.54 Å². The number of amides is 1. The van der Waals surface area contributed by atoms with Crippen LogP contribution in [0.25, 0.3) is 0 Å². The van der Waals surface area contributed by atoms with Gasteiger partial charge < -0.3 is 15.1 Å². The van der Waals surface area contributed by atoms with E-state index in [1.807, 2.05) is 20.9 Å². The summed E-state index contributed by atoms with van der Waals surface area (Å²) in [5.41, 5.74) is 2.92. The molecule has 2 heterocycles. The minimum absolute atomic E-state index is 0.0980. The Kier molecular flexibility index (Phi) is 4.32. The summed E-state index contributed by atoms with van der Waals surface area (Å²) < 4.78 is 1.77. The van der Waals surface area contributed by atoms with Gasteiger partial charge in [0.05, 0.1) is 11.8 Å². The van der Waals surface area contributed by atoms with Crippen molar-refractivity contribution in [3.63, 3.8) is 0 Å². The summed E-state index contributed by atoms with van der Waals surface area (Å²) in [7, 11) is 1.85. The average molecular weight is 295 g/mol. The second-order valence-corrected chi connectivity index (χ2v) is 5.56. The number of hydrogen-bond donors (Lipinski definition) is 2. The number of hydrogen-bond acceptors (Lipinski definition) is 4. The van der Waals surface area contributed by atoms with Crippen molar-refractivity contribution >= 4 is 11.9 Å². The second kappa shape index (κ2) is 5.85. The van der Waals surface area contributed by atoms with E-state index in [9.17, 15) is 14.7 Å². The Morgan fingerprint density at radius 2 is 2.05 bits per heavy atom. The zero-order valence-electron chi connectivity index (χ0n) is 12.5. The number of aliphatic hydroxyl groups is 1. The highest BCUT2D eigenvalue weighted by Gasteiger charge is 2.38. The molecule has 0 saturated carbocycles. The monoisotopic (exact) mass is 295 g/mol. The normalized spacial score (nSPS) is 21.8. The number of carboxylic acids is 1. The zero-order chi connectivity index (χ0) is 15.7. The summed E-state index contributed by atoms with van der Waals surface area (Å²) in [6.45, 7) is 3.94. The van der Waals surface area contributed by atoms with Crippen molar-refractivity contribution in [2.45, 2.75) is 45.3 Å². The zero-order valence-corrected chi connectivity index (χ0v) is 12.5. The molecule has 116 valence electrons. The summed E-state index contributed by atoms with van der Waals surface area (Å²) in [5, 5.41) is 23.0. The van der Waals surface area contributed by atoms with Crippen LogP contribution in [-0.4, -0.2) is 55.5 Å². The molecule has 1 amide bonds. The second-order valence-electron chi connectivity index (χ2n) is 5.56. The fraction of sp³-hybridized carbons (Fsp3) is 0.643. The Labute approximate surface area is 123 Å². The van der Waals surface area contributed by atoms with Crippen molar-refractivity contribution in [1.29, 1.82) is 0 Å². The van der Waals surface area contributed by atoms with Gasteiger partial charge in [-0.1, -0.05) is 0 Å². The Morgan fingerprint density at radius 1 is 1.38 bits per heavy atom. The van der Waals surface area contributed by atoms with E-state index in [1.54, 1.807) is 4.68 Å². The van der Waals surface area contributed by atoms with E-state index in [4.69, 9.17) is 5.11 Å². The van der Waals surface area contributed by atoms with Crippen LogP contribution in [0.4, 0.5) is 0 Å². The first-order valence-electron chi connectivity index (χ1n) is 7.00. The molecular formula is C14H21N3O4. The van der Waals surface area contributed by atoms with E-state index >= 15 is 0 Å². The highest BCUT2D eigenvalue weighted by Crippen LogP contribution is 2.21. The first-order chi connectivity index (χ1) is 9.81. The molecule has 7 nitrogen and oxygen atoms in total. The van der Waals surface area contributed by atoms with Gasteiger partial charge in [0, 0.05) is 32.1 Å². The number of carboxylic acid groups (broad SMARTS) is 1. The van der Waals surface area contributed by atoms with Crippen LogP contribution in [0.1, 0.15) is 29.8 Å². The molecule has 1 fully saturated rings. The molecule has 0 radical (unpaired) electrons. The lowest BCUT2D eigenvalue weighted by Gasteiger charge is -2.21. The van der Waals surface area contributed by atoms with E-state index in [1.165, 1.54) is 4.90 Å². The topological polar surface area (TPSA) is 95.7 Å². The maximum atomic E-state index is 12.2. The predicted octanol–water partition coefficient (Wildman–Crippen LogP) is 0.0159. The van der Waals surface area contributed by atoms with Crippen molar-refractivity contribution in [3.05, 3.63) is 17.0 Å². The Hall–Kier alpha value is -1.89. The van der Waals surface area contributed by atoms with E-state index < -0.39 is 18.1 Å². The molecule has 0 spiro atoms. The molecule has 0 unspecified atom stereocenters. The highest BCUT2D eigenvalue weighted by atomic mass is 16.4. The number of aromatic nitrogens is 2. The lowest BCUT2D eigenvalue weighted by molar-refractivity contribution is -0.148. The Bertz CT molecular complexity index is 567. The van der Waals surface area contributed by atoms with Crippen LogP contribution >= 0.6 is 0 Å². The van der Waals surface area contributed by atoms with Gasteiger partial charge in [-0.15, -0.1) is 0 Å². The molecule has 1 aromatic heterocycles. The summed E-state index contributed by atoms with van der Waals surface area (Å²) in [6, 6.07) is -0.913. The van der Waals surface area contributed by atoms with Crippen LogP contribution in [0.2, 0.25) is 0 Å². The summed E-state index contributed by atoms with van der Waals surface area (Å²) in [4.78, 5) is 24.6. The smallest absolute Gasteiger partial charge is 0.326 e. The number of aryl methyl sites for hydroxylation is 2.